The van der Waals surface area contributed by atoms with Crippen molar-refractivity contribution in [3.8, 4) is 5.75 Å². The van der Waals surface area contributed by atoms with Crippen molar-refractivity contribution in [3.63, 3.8) is 0 Å². The van der Waals surface area contributed by atoms with Crippen molar-refractivity contribution in [2.75, 3.05) is 11.9 Å². The highest BCUT2D eigenvalue weighted by Gasteiger charge is 2.12. The Kier molecular flexibility index (Phi) is 4.05. The van der Waals surface area contributed by atoms with Crippen molar-refractivity contribution in [2.45, 2.75) is 6.42 Å². The van der Waals surface area contributed by atoms with Gasteiger partial charge in [-0.3, -0.25) is 14.9 Å². The van der Waals surface area contributed by atoms with E-state index in [4.69, 9.17) is 4.74 Å². The van der Waals surface area contributed by atoms with Gasteiger partial charge in [0.25, 0.3) is 5.69 Å². The monoisotopic (exact) mass is 310 g/mol. The smallest absolute Gasteiger partial charge is 0.270 e. The van der Waals surface area contributed by atoms with Crippen LogP contribution >= 0.6 is 0 Å². The first-order chi connectivity index (χ1) is 11.1. The molecule has 116 valence electrons. The zero-order valence-corrected chi connectivity index (χ0v) is 12.2. The normalized spacial score (nSPS) is 12.7. The number of nitrogens with one attached hydrogen (secondary N) is 1. The van der Waals surface area contributed by atoms with Gasteiger partial charge in [0.05, 0.1) is 11.5 Å². The van der Waals surface area contributed by atoms with Gasteiger partial charge in [0, 0.05) is 30.3 Å². The van der Waals surface area contributed by atoms with E-state index in [1.165, 1.54) is 18.2 Å². The number of nitrogens with zero attached hydrogens (tertiary/aromatic N) is 1. The standard InChI is InChI=1S/C17H14N2O4/c20-17(7-4-12-2-1-3-15(10-12)19(21)22)18-14-5-6-16-13(11-14)8-9-23-16/h1-7,10-11H,8-9H2,(H,18,20)/b7-4+. The zero-order valence-electron chi connectivity index (χ0n) is 12.2. The molecular formula is C17H14N2O4. The number of non-ortho nitro benzene ring substituents is 1. The molecule has 6 heteroatoms. The molecule has 0 fully saturated rings. The van der Waals surface area contributed by atoms with Crippen molar-refractivity contribution in [1.82, 2.24) is 0 Å². The fraction of sp³-hybridized carbons (Fsp3) is 0.118. The first-order valence-corrected chi connectivity index (χ1v) is 7.11. The summed E-state index contributed by atoms with van der Waals surface area (Å²) in [4.78, 5) is 22.2. The summed E-state index contributed by atoms with van der Waals surface area (Å²) < 4.78 is 5.41. The molecular weight excluding hydrogens is 296 g/mol. The van der Waals surface area contributed by atoms with Crippen molar-refractivity contribution >= 4 is 23.4 Å². The highest BCUT2D eigenvalue weighted by Crippen LogP contribution is 2.27. The summed E-state index contributed by atoms with van der Waals surface area (Å²) in [5, 5.41) is 13.5. The largest absolute Gasteiger partial charge is 0.493 e. The third-order valence-corrected chi connectivity index (χ3v) is 3.47. The molecule has 0 saturated heterocycles. The quantitative estimate of drug-likeness (QED) is 0.534. The molecule has 6 nitrogen and oxygen atoms in total. The third-order valence-electron chi connectivity index (χ3n) is 3.47. The summed E-state index contributed by atoms with van der Waals surface area (Å²) in [7, 11) is 0. The number of fused-ring (bicyclic) bond motifs is 1. The lowest BCUT2D eigenvalue weighted by atomic mass is 10.1. The van der Waals surface area contributed by atoms with Gasteiger partial charge in [-0.15, -0.1) is 0 Å². The van der Waals surface area contributed by atoms with Crippen LogP contribution in [-0.2, 0) is 11.2 Å². The summed E-state index contributed by atoms with van der Waals surface area (Å²) in [6.07, 6.45) is 3.73. The number of rotatable bonds is 4. The number of amides is 1. The average Bonchev–Trinajstić information content (AvgIpc) is 3.01. The van der Waals surface area contributed by atoms with Gasteiger partial charge in [0.15, 0.2) is 0 Å². The van der Waals surface area contributed by atoms with Crippen LogP contribution in [0.5, 0.6) is 5.75 Å². The van der Waals surface area contributed by atoms with E-state index in [9.17, 15) is 14.9 Å². The van der Waals surface area contributed by atoms with Crippen LogP contribution in [0.4, 0.5) is 11.4 Å². The lowest BCUT2D eigenvalue weighted by Crippen LogP contribution is -2.07. The molecule has 0 saturated carbocycles. The summed E-state index contributed by atoms with van der Waals surface area (Å²) in [6.45, 7) is 0.666. The Balaban J connectivity index is 1.67. The first kappa shape index (κ1) is 14.8. The molecule has 0 aliphatic carbocycles. The predicted molar refractivity (Wildman–Crippen MR) is 86.4 cm³/mol. The number of benzene rings is 2. The molecule has 0 radical (unpaired) electrons. The summed E-state index contributed by atoms with van der Waals surface area (Å²) >= 11 is 0. The molecule has 1 aliphatic heterocycles. The van der Waals surface area contributed by atoms with E-state index in [0.717, 1.165) is 17.7 Å². The van der Waals surface area contributed by atoms with E-state index in [2.05, 4.69) is 5.32 Å². The van der Waals surface area contributed by atoms with E-state index in [0.29, 0.717) is 17.9 Å². The van der Waals surface area contributed by atoms with Crippen LogP contribution in [0.1, 0.15) is 11.1 Å². The number of anilines is 1. The molecule has 1 aliphatic rings. The second-order valence-electron chi connectivity index (χ2n) is 5.10. The van der Waals surface area contributed by atoms with Gasteiger partial charge in [0.1, 0.15) is 5.75 Å². The van der Waals surface area contributed by atoms with Gasteiger partial charge in [0.2, 0.25) is 5.91 Å². The highest BCUT2D eigenvalue weighted by atomic mass is 16.6. The second kappa shape index (κ2) is 6.31. The molecule has 0 atom stereocenters. The van der Waals surface area contributed by atoms with Crippen molar-refractivity contribution in [3.05, 3.63) is 69.8 Å². The number of ether oxygens (including phenoxy) is 1. The lowest BCUT2D eigenvalue weighted by Gasteiger charge is -2.04. The Bertz CT molecular complexity index is 799. The Morgan fingerprint density at radius 3 is 2.96 bits per heavy atom. The molecule has 3 rings (SSSR count). The first-order valence-electron chi connectivity index (χ1n) is 7.11. The van der Waals surface area contributed by atoms with E-state index >= 15 is 0 Å². The molecule has 0 aromatic heterocycles. The molecule has 1 N–H and O–H groups in total. The van der Waals surface area contributed by atoms with Crippen LogP contribution in [0.2, 0.25) is 0 Å². The zero-order chi connectivity index (χ0) is 16.2. The summed E-state index contributed by atoms with van der Waals surface area (Å²) in [5.41, 5.74) is 2.36. The number of nitro groups is 1. The van der Waals surface area contributed by atoms with Gasteiger partial charge in [-0.05, 0) is 35.4 Å². The minimum absolute atomic E-state index is 0.00817. The van der Waals surface area contributed by atoms with Gasteiger partial charge in [-0.2, -0.15) is 0 Å². The topological polar surface area (TPSA) is 81.5 Å². The van der Waals surface area contributed by atoms with Crippen LogP contribution < -0.4 is 10.1 Å². The van der Waals surface area contributed by atoms with E-state index < -0.39 is 4.92 Å². The number of carbonyl (C=O) groups is 1. The maximum atomic E-state index is 11.9. The molecule has 23 heavy (non-hydrogen) atoms. The Labute approximate surface area is 132 Å². The minimum Gasteiger partial charge on any atom is -0.493 e. The van der Waals surface area contributed by atoms with Crippen molar-refractivity contribution in [2.24, 2.45) is 0 Å². The molecule has 2 aromatic rings. The van der Waals surface area contributed by atoms with Crippen LogP contribution in [-0.4, -0.2) is 17.4 Å². The Hall–Kier alpha value is -3.15. The maximum Gasteiger partial charge on any atom is 0.270 e. The molecule has 0 spiro atoms. The Morgan fingerprint density at radius 2 is 2.13 bits per heavy atom. The molecule has 1 heterocycles. The summed E-state index contributed by atoms with van der Waals surface area (Å²) in [6, 6.07) is 11.6. The fourth-order valence-electron chi connectivity index (χ4n) is 2.36. The van der Waals surface area contributed by atoms with E-state index in [1.54, 1.807) is 24.3 Å². The molecule has 0 unspecified atom stereocenters. The number of hydrogen-bond donors (Lipinski definition) is 1. The fourth-order valence-corrected chi connectivity index (χ4v) is 2.36. The number of nitro benzene ring substituents is 1. The minimum atomic E-state index is -0.468. The maximum absolute atomic E-state index is 11.9. The highest BCUT2D eigenvalue weighted by molar-refractivity contribution is 6.02. The van der Waals surface area contributed by atoms with Gasteiger partial charge >= 0.3 is 0 Å². The van der Waals surface area contributed by atoms with Crippen LogP contribution in [0.15, 0.2) is 48.5 Å². The number of carbonyl (C=O) groups excluding carboxylic acids is 1. The Morgan fingerprint density at radius 1 is 1.26 bits per heavy atom. The molecule has 1 amide bonds. The second-order valence-corrected chi connectivity index (χ2v) is 5.10. The van der Waals surface area contributed by atoms with E-state index in [1.807, 2.05) is 12.1 Å². The number of hydrogen-bond acceptors (Lipinski definition) is 4. The van der Waals surface area contributed by atoms with Crippen LogP contribution in [0.3, 0.4) is 0 Å². The van der Waals surface area contributed by atoms with Crippen LogP contribution in [0, 0.1) is 10.1 Å². The SMILES string of the molecule is O=C(/C=C/c1cccc([N+](=O)[O-])c1)Nc1ccc2c(c1)CCO2. The molecule has 2 aromatic carbocycles. The van der Waals surface area contributed by atoms with Gasteiger partial charge < -0.3 is 10.1 Å². The van der Waals surface area contributed by atoms with E-state index in [-0.39, 0.29) is 11.6 Å². The van der Waals surface area contributed by atoms with Gasteiger partial charge in [-0.25, -0.2) is 0 Å². The van der Waals surface area contributed by atoms with Crippen molar-refractivity contribution in [1.29, 1.82) is 0 Å². The predicted octanol–water partition coefficient (Wildman–Crippen LogP) is 3.18. The van der Waals surface area contributed by atoms with Crippen molar-refractivity contribution < 1.29 is 14.5 Å². The van der Waals surface area contributed by atoms with Crippen LogP contribution in [0.25, 0.3) is 6.08 Å². The summed E-state index contributed by atoms with van der Waals surface area (Å²) in [5.74, 6) is 0.561. The average molecular weight is 310 g/mol. The molecule has 0 bridgehead atoms. The lowest BCUT2D eigenvalue weighted by molar-refractivity contribution is -0.384. The third kappa shape index (κ3) is 3.55. The van der Waals surface area contributed by atoms with Gasteiger partial charge in [-0.1, -0.05) is 12.1 Å².